The van der Waals surface area contributed by atoms with Gasteiger partial charge in [0.2, 0.25) is 0 Å². The average molecular weight is 191 g/mol. The standard InChI is InChI=1S/C13H21N/c1-9(2)12-8-6-7-11(5)14-13(12)10(3)4/h14H,5-8H2,1-4H3. The first-order chi connectivity index (χ1) is 6.52. The lowest BCUT2D eigenvalue weighted by molar-refractivity contribution is 0.818. The van der Waals surface area contributed by atoms with Crippen molar-refractivity contribution in [1.29, 1.82) is 0 Å². The Labute approximate surface area is 87.6 Å². The summed E-state index contributed by atoms with van der Waals surface area (Å²) in [4.78, 5) is 0. The van der Waals surface area contributed by atoms with E-state index in [1.807, 2.05) is 0 Å². The van der Waals surface area contributed by atoms with Crippen LogP contribution in [0.25, 0.3) is 0 Å². The third-order valence-corrected chi connectivity index (χ3v) is 2.61. The molecule has 0 amide bonds. The fourth-order valence-corrected chi connectivity index (χ4v) is 1.85. The Morgan fingerprint density at radius 2 is 1.71 bits per heavy atom. The topological polar surface area (TPSA) is 12.0 Å². The smallest absolute Gasteiger partial charge is 0.0399 e. The second-order valence-electron chi connectivity index (χ2n) is 4.44. The van der Waals surface area contributed by atoms with Gasteiger partial charge in [0.1, 0.15) is 0 Å². The van der Waals surface area contributed by atoms with Crippen LogP contribution in [0, 0.1) is 0 Å². The highest BCUT2D eigenvalue weighted by molar-refractivity contribution is 5.38. The van der Waals surface area contributed by atoms with E-state index in [2.05, 4.69) is 39.6 Å². The van der Waals surface area contributed by atoms with E-state index in [9.17, 15) is 0 Å². The lowest BCUT2D eigenvalue weighted by Crippen LogP contribution is -2.13. The Kier molecular flexibility index (Phi) is 3.56. The van der Waals surface area contributed by atoms with Gasteiger partial charge in [0.15, 0.2) is 0 Å². The SMILES string of the molecule is C=C1CCCC(=C(C)C)C(=C(C)C)N1. The van der Waals surface area contributed by atoms with Crippen LogP contribution in [0.1, 0.15) is 47.0 Å². The fraction of sp³-hybridized carbons (Fsp3) is 0.538. The maximum Gasteiger partial charge on any atom is 0.0399 e. The molecule has 1 saturated heterocycles. The van der Waals surface area contributed by atoms with E-state index in [0.717, 1.165) is 12.1 Å². The van der Waals surface area contributed by atoms with Gasteiger partial charge in [0.25, 0.3) is 0 Å². The van der Waals surface area contributed by atoms with E-state index < -0.39 is 0 Å². The van der Waals surface area contributed by atoms with Gasteiger partial charge < -0.3 is 5.32 Å². The molecule has 0 aromatic carbocycles. The molecule has 14 heavy (non-hydrogen) atoms. The molecule has 1 aliphatic rings. The number of hydrogen-bond acceptors (Lipinski definition) is 1. The minimum atomic E-state index is 1.09. The van der Waals surface area contributed by atoms with Gasteiger partial charge in [-0.2, -0.15) is 0 Å². The van der Waals surface area contributed by atoms with Crippen molar-refractivity contribution in [1.82, 2.24) is 5.32 Å². The Morgan fingerprint density at radius 3 is 2.21 bits per heavy atom. The number of allylic oxidation sites excluding steroid dienone is 4. The Bertz CT molecular complexity index is 297. The normalized spacial score (nSPS) is 17.6. The summed E-state index contributed by atoms with van der Waals surface area (Å²) in [6.07, 6.45) is 3.48. The Hall–Kier alpha value is -0.980. The van der Waals surface area contributed by atoms with Crippen LogP contribution in [-0.4, -0.2) is 0 Å². The lowest BCUT2D eigenvalue weighted by atomic mass is 10.00. The van der Waals surface area contributed by atoms with E-state index in [-0.39, 0.29) is 0 Å². The first-order valence-corrected chi connectivity index (χ1v) is 5.31. The second kappa shape index (κ2) is 4.50. The van der Waals surface area contributed by atoms with Gasteiger partial charge >= 0.3 is 0 Å². The number of rotatable bonds is 0. The molecule has 0 aromatic heterocycles. The van der Waals surface area contributed by atoms with E-state index >= 15 is 0 Å². The summed E-state index contributed by atoms with van der Waals surface area (Å²) in [5, 5.41) is 3.44. The molecule has 0 bridgehead atoms. The van der Waals surface area contributed by atoms with Crippen LogP contribution >= 0.6 is 0 Å². The zero-order chi connectivity index (χ0) is 10.7. The summed E-state index contributed by atoms with van der Waals surface area (Å²) in [6, 6.07) is 0. The van der Waals surface area contributed by atoms with Crippen molar-refractivity contribution in [2.75, 3.05) is 0 Å². The molecule has 0 radical (unpaired) electrons. The zero-order valence-electron chi connectivity index (χ0n) is 9.83. The molecule has 0 aliphatic carbocycles. The molecule has 1 fully saturated rings. The van der Waals surface area contributed by atoms with Crippen molar-refractivity contribution >= 4 is 0 Å². The van der Waals surface area contributed by atoms with Gasteiger partial charge in [-0.1, -0.05) is 17.7 Å². The van der Waals surface area contributed by atoms with Gasteiger partial charge in [0.05, 0.1) is 0 Å². The van der Waals surface area contributed by atoms with Crippen LogP contribution in [0.2, 0.25) is 0 Å². The van der Waals surface area contributed by atoms with Crippen molar-refractivity contribution in [3.63, 3.8) is 0 Å². The summed E-state index contributed by atoms with van der Waals surface area (Å²) < 4.78 is 0. The zero-order valence-corrected chi connectivity index (χ0v) is 9.83. The predicted octanol–water partition coefficient (Wildman–Crippen LogP) is 3.90. The molecule has 1 rings (SSSR count). The molecule has 0 atom stereocenters. The highest BCUT2D eigenvalue weighted by atomic mass is 14.9. The molecule has 0 saturated carbocycles. The van der Waals surface area contributed by atoms with E-state index in [4.69, 9.17) is 0 Å². The van der Waals surface area contributed by atoms with Gasteiger partial charge in [-0.15, -0.1) is 0 Å². The molecular formula is C13H21N. The quantitative estimate of drug-likeness (QED) is 0.612. The summed E-state index contributed by atoms with van der Waals surface area (Å²) in [6.45, 7) is 12.7. The molecule has 0 spiro atoms. The van der Waals surface area contributed by atoms with Crippen LogP contribution < -0.4 is 5.32 Å². The molecule has 0 aromatic rings. The Morgan fingerprint density at radius 1 is 1.07 bits per heavy atom. The molecule has 1 heterocycles. The molecule has 1 aliphatic heterocycles. The minimum absolute atomic E-state index is 1.09. The molecule has 0 unspecified atom stereocenters. The number of nitrogens with one attached hydrogen (secondary N) is 1. The highest BCUT2D eigenvalue weighted by Crippen LogP contribution is 2.27. The van der Waals surface area contributed by atoms with E-state index in [0.29, 0.717) is 0 Å². The van der Waals surface area contributed by atoms with Crippen LogP contribution in [-0.2, 0) is 0 Å². The van der Waals surface area contributed by atoms with Gasteiger partial charge in [-0.05, 0) is 52.5 Å². The van der Waals surface area contributed by atoms with Crippen molar-refractivity contribution in [2.24, 2.45) is 0 Å². The monoisotopic (exact) mass is 191 g/mol. The van der Waals surface area contributed by atoms with Crippen molar-refractivity contribution in [2.45, 2.75) is 47.0 Å². The second-order valence-corrected chi connectivity index (χ2v) is 4.44. The molecule has 1 heteroatoms. The number of hydrogen-bond donors (Lipinski definition) is 1. The van der Waals surface area contributed by atoms with Crippen LogP contribution in [0.3, 0.4) is 0 Å². The van der Waals surface area contributed by atoms with Crippen LogP contribution in [0.5, 0.6) is 0 Å². The third kappa shape index (κ3) is 2.50. The summed E-state index contributed by atoms with van der Waals surface area (Å²) in [7, 11) is 0. The summed E-state index contributed by atoms with van der Waals surface area (Å²) in [5.41, 5.74) is 6.70. The molecule has 1 nitrogen and oxygen atoms in total. The predicted molar refractivity (Wildman–Crippen MR) is 62.9 cm³/mol. The minimum Gasteiger partial charge on any atom is -0.359 e. The van der Waals surface area contributed by atoms with Gasteiger partial charge in [-0.25, -0.2) is 0 Å². The first-order valence-electron chi connectivity index (χ1n) is 5.31. The fourth-order valence-electron chi connectivity index (χ4n) is 1.85. The molecule has 1 N–H and O–H groups in total. The van der Waals surface area contributed by atoms with E-state index in [1.165, 1.54) is 35.3 Å². The van der Waals surface area contributed by atoms with Crippen molar-refractivity contribution < 1.29 is 0 Å². The maximum absolute atomic E-state index is 4.03. The molecule has 78 valence electrons. The van der Waals surface area contributed by atoms with Crippen LogP contribution in [0.4, 0.5) is 0 Å². The van der Waals surface area contributed by atoms with Crippen molar-refractivity contribution in [3.05, 3.63) is 34.7 Å². The lowest BCUT2D eigenvalue weighted by Gasteiger charge is -2.15. The largest absolute Gasteiger partial charge is 0.359 e. The maximum atomic E-state index is 4.03. The van der Waals surface area contributed by atoms with Gasteiger partial charge in [0, 0.05) is 11.4 Å². The highest BCUT2D eigenvalue weighted by Gasteiger charge is 2.13. The Balaban J connectivity index is 3.11. The molecular weight excluding hydrogens is 170 g/mol. The summed E-state index contributed by atoms with van der Waals surface area (Å²) >= 11 is 0. The van der Waals surface area contributed by atoms with Crippen molar-refractivity contribution in [3.8, 4) is 0 Å². The summed E-state index contributed by atoms with van der Waals surface area (Å²) in [5.74, 6) is 0. The third-order valence-electron chi connectivity index (χ3n) is 2.61. The first kappa shape index (κ1) is 11.1. The van der Waals surface area contributed by atoms with Gasteiger partial charge in [-0.3, -0.25) is 0 Å². The average Bonchev–Trinajstić information content (AvgIpc) is 2.26. The van der Waals surface area contributed by atoms with E-state index in [1.54, 1.807) is 0 Å². The van der Waals surface area contributed by atoms with Crippen LogP contribution in [0.15, 0.2) is 34.7 Å².